The van der Waals surface area contributed by atoms with Crippen LogP contribution in [-0.4, -0.2) is 9.13 Å². The number of aromatic nitrogens is 2. The molecule has 0 atom stereocenters. The molecular formula is C36H24N2S. The predicted molar refractivity (Wildman–Crippen MR) is 168 cm³/mol. The van der Waals surface area contributed by atoms with E-state index in [1.54, 1.807) is 0 Å². The molecule has 0 aliphatic heterocycles. The van der Waals surface area contributed by atoms with Crippen LogP contribution in [0.3, 0.4) is 0 Å². The minimum atomic E-state index is 1.05. The summed E-state index contributed by atoms with van der Waals surface area (Å²) in [5.74, 6) is 0. The molecule has 2 nitrogen and oxygen atoms in total. The number of hydrogen-bond acceptors (Lipinski definition) is 1. The molecule has 184 valence electrons. The predicted octanol–water partition coefficient (Wildman–Crippen LogP) is 10.1. The lowest BCUT2D eigenvalue weighted by Crippen LogP contribution is -2.03. The number of allylic oxidation sites excluding steroid dienone is 1. The zero-order chi connectivity index (χ0) is 25.5. The molecule has 1 aliphatic rings. The molecule has 3 aromatic heterocycles. The van der Waals surface area contributed by atoms with Crippen molar-refractivity contribution in [2.24, 2.45) is 0 Å². The van der Waals surface area contributed by atoms with Gasteiger partial charge in [-0.1, -0.05) is 72.8 Å². The Morgan fingerprint density at radius 1 is 0.564 bits per heavy atom. The van der Waals surface area contributed by atoms with Gasteiger partial charge in [-0.15, -0.1) is 11.3 Å². The Hall–Kier alpha value is -4.60. The molecule has 8 aromatic rings. The number of hydrogen-bond donors (Lipinski definition) is 0. The molecule has 0 amide bonds. The van der Waals surface area contributed by atoms with Gasteiger partial charge in [-0.25, -0.2) is 0 Å². The molecule has 0 radical (unpaired) electrons. The number of nitrogens with zero attached hydrogens (tertiary/aromatic N) is 2. The van der Waals surface area contributed by atoms with Crippen LogP contribution < -0.4 is 0 Å². The first kappa shape index (κ1) is 21.3. The van der Waals surface area contributed by atoms with E-state index in [4.69, 9.17) is 0 Å². The molecule has 3 heteroatoms. The fourth-order valence-corrected chi connectivity index (χ4v) is 7.99. The summed E-state index contributed by atoms with van der Waals surface area (Å²) in [5, 5.41) is 6.69. The van der Waals surface area contributed by atoms with Crippen molar-refractivity contribution in [3.8, 4) is 11.4 Å². The highest BCUT2D eigenvalue weighted by Crippen LogP contribution is 2.44. The third kappa shape index (κ3) is 2.91. The van der Waals surface area contributed by atoms with E-state index in [-0.39, 0.29) is 0 Å². The van der Waals surface area contributed by atoms with Gasteiger partial charge in [0.05, 0.1) is 16.6 Å². The molecular weight excluding hydrogens is 492 g/mol. The first-order chi connectivity index (χ1) is 19.4. The zero-order valence-corrected chi connectivity index (χ0v) is 22.1. The lowest BCUT2D eigenvalue weighted by molar-refractivity contribution is 0.889. The molecule has 3 heterocycles. The van der Waals surface area contributed by atoms with Crippen LogP contribution >= 0.6 is 11.3 Å². The minimum Gasteiger partial charge on any atom is -0.313 e. The Bertz CT molecular complexity index is 2270. The quantitative estimate of drug-likeness (QED) is 0.216. The Morgan fingerprint density at radius 3 is 2.26 bits per heavy atom. The number of thiophene rings is 1. The van der Waals surface area contributed by atoms with Crippen LogP contribution in [0.15, 0.2) is 115 Å². The van der Waals surface area contributed by atoms with E-state index >= 15 is 0 Å². The van der Waals surface area contributed by atoms with Gasteiger partial charge in [-0.05, 0) is 61.4 Å². The molecule has 0 spiro atoms. The maximum absolute atomic E-state index is 2.53. The summed E-state index contributed by atoms with van der Waals surface area (Å²) >= 11 is 1.93. The molecule has 1 aliphatic carbocycles. The van der Waals surface area contributed by atoms with Crippen molar-refractivity contribution in [2.75, 3.05) is 0 Å². The van der Waals surface area contributed by atoms with Gasteiger partial charge in [0.2, 0.25) is 0 Å². The number of para-hydroxylation sites is 2. The molecule has 0 bridgehead atoms. The number of rotatable bonds is 2. The Morgan fingerprint density at radius 2 is 1.33 bits per heavy atom. The molecule has 0 saturated heterocycles. The minimum absolute atomic E-state index is 1.05. The highest BCUT2D eigenvalue weighted by atomic mass is 32.1. The maximum Gasteiger partial charge on any atom is 0.0552 e. The summed E-state index contributed by atoms with van der Waals surface area (Å²) in [5.41, 5.74) is 9.02. The van der Waals surface area contributed by atoms with Crippen molar-refractivity contribution in [3.63, 3.8) is 0 Å². The lowest BCUT2D eigenvalue weighted by Gasteiger charge is -2.14. The second kappa shape index (κ2) is 7.95. The van der Waals surface area contributed by atoms with Crippen LogP contribution in [0.25, 0.3) is 70.3 Å². The van der Waals surface area contributed by atoms with Crippen molar-refractivity contribution in [2.45, 2.75) is 12.8 Å². The molecule has 9 rings (SSSR count). The number of fused-ring (bicyclic) bond motifs is 10. The summed E-state index contributed by atoms with van der Waals surface area (Å²) in [6.07, 6.45) is 6.83. The number of benzene rings is 5. The lowest BCUT2D eigenvalue weighted by atomic mass is 10.0. The van der Waals surface area contributed by atoms with Crippen molar-refractivity contribution in [1.82, 2.24) is 9.13 Å². The zero-order valence-electron chi connectivity index (χ0n) is 21.3. The summed E-state index contributed by atoms with van der Waals surface area (Å²) < 4.78 is 7.68. The van der Waals surface area contributed by atoms with Gasteiger partial charge in [0.25, 0.3) is 0 Å². The van der Waals surface area contributed by atoms with E-state index in [9.17, 15) is 0 Å². The normalized spacial score (nSPS) is 13.3. The standard InChI is InChI=1S/C36H24N2S/c1-2-10-23(11-3-1)37-30-15-7-4-12-25(30)29-22-24(18-20-32(29)37)38-31-16-8-5-14-28(31)35-33(38)21-19-27-26-13-6-9-17-34(26)39-36(27)35/h1-7,9-15,17-22H,8,16H2. The second-order valence-corrected chi connectivity index (χ2v) is 11.5. The SMILES string of the molecule is C1=Cc2c(n(-c3ccc4c(c3)c3ccccc3n4-c3ccccc3)c3ccc4c5ccccc5sc4c23)CC1. The maximum atomic E-state index is 2.53. The summed E-state index contributed by atoms with van der Waals surface area (Å²) in [7, 11) is 0. The van der Waals surface area contributed by atoms with Gasteiger partial charge < -0.3 is 9.13 Å². The first-order valence-electron chi connectivity index (χ1n) is 13.6. The Balaban J connectivity index is 1.37. The average Bonchev–Trinajstić information content (AvgIpc) is 3.65. The third-order valence-corrected chi connectivity index (χ3v) is 9.58. The third-order valence-electron chi connectivity index (χ3n) is 8.38. The van der Waals surface area contributed by atoms with Crippen molar-refractivity contribution >= 4 is 70.3 Å². The molecule has 5 aromatic carbocycles. The Labute approximate surface area is 229 Å². The average molecular weight is 517 g/mol. The van der Waals surface area contributed by atoms with Gasteiger partial charge in [-0.3, -0.25) is 0 Å². The summed E-state index contributed by atoms with van der Waals surface area (Å²) in [6, 6.07) is 40.0. The van der Waals surface area contributed by atoms with Crippen molar-refractivity contribution < 1.29 is 0 Å². The van der Waals surface area contributed by atoms with E-state index in [1.165, 1.54) is 75.5 Å². The van der Waals surface area contributed by atoms with Crippen LogP contribution in [-0.2, 0) is 6.42 Å². The van der Waals surface area contributed by atoms with E-state index in [0.717, 1.165) is 12.8 Å². The van der Waals surface area contributed by atoms with Gasteiger partial charge in [0, 0.05) is 59.0 Å². The van der Waals surface area contributed by atoms with Crippen LogP contribution in [0.5, 0.6) is 0 Å². The molecule has 0 fully saturated rings. The summed E-state index contributed by atoms with van der Waals surface area (Å²) in [4.78, 5) is 0. The monoisotopic (exact) mass is 516 g/mol. The fraction of sp³-hybridized carbons (Fsp3) is 0.0556. The second-order valence-electron chi connectivity index (χ2n) is 10.5. The van der Waals surface area contributed by atoms with Gasteiger partial charge in [0.15, 0.2) is 0 Å². The molecule has 0 unspecified atom stereocenters. The largest absolute Gasteiger partial charge is 0.313 e. The van der Waals surface area contributed by atoms with E-state index in [2.05, 4.69) is 130 Å². The molecule has 39 heavy (non-hydrogen) atoms. The van der Waals surface area contributed by atoms with Crippen LogP contribution in [0.4, 0.5) is 0 Å². The summed E-state index contributed by atoms with van der Waals surface area (Å²) in [6.45, 7) is 0. The molecule has 0 saturated carbocycles. The fourth-order valence-electron chi connectivity index (χ4n) is 6.73. The highest BCUT2D eigenvalue weighted by Gasteiger charge is 2.23. The van der Waals surface area contributed by atoms with E-state index in [1.807, 2.05) is 11.3 Å². The van der Waals surface area contributed by atoms with Crippen molar-refractivity contribution in [1.29, 1.82) is 0 Å². The first-order valence-corrected chi connectivity index (χ1v) is 14.4. The van der Waals surface area contributed by atoms with Crippen LogP contribution in [0, 0.1) is 0 Å². The topological polar surface area (TPSA) is 9.86 Å². The highest BCUT2D eigenvalue weighted by molar-refractivity contribution is 7.26. The smallest absolute Gasteiger partial charge is 0.0552 e. The molecule has 0 N–H and O–H groups in total. The van der Waals surface area contributed by atoms with Gasteiger partial charge >= 0.3 is 0 Å². The van der Waals surface area contributed by atoms with Gasteiger partial charge in [-0.2, -0.15) is 0 Å². The van der Waals surface area contributed by atoms with E-state index in [0.29, 0.717) is 0 Å². The Kier molecular flexibility index (Phi) is 4.35. The van der Waals surface area contributed by atoms with E-state index < -0.39 is 0 Å². The van der Waals surface area contributed by atoms with Crippen LogP contribution in [0.2, 0.25) is 0 Å². The van der Waals surface area contributed by atoms with Crippen molar-refractivity contribution in [3.05, 3.63) is 127 Å². The van der Waals surface area contributed by atoms with Gasteiger partial charge in [0.1, 0.15) is 0 Å². The van der Waals surface area contributed by atoms with Crippen LogP contribution in [0.1, 0.15) is 17.7 Å².